The zero-order chi connectivity index (χ0) is 19.7. The van der Waals surface area contributed by atoms with Gasteiger partial charge in [-0.1, -0.05) is 23.7 Å². The molecule has 1 aromatic heterocycles. The third-order valence-electron chi connectivity index (χ3n) is 3.95. The number of hydrogen-bond donors (Lipinski definition) is 0. The third kappa shape index (κ3) is 3.49. The molecule has 0 unspecified atom stereocenters. The highest BCUT2D eigenvalue weighted by Gasteiger charge is 2.22. The molecule has 10 heteroatoms. The summed E-state index contributed by atoms with van der Waals surface area (Å²) in [5.74, 6) is 0.790. The number of thiazole rings is 1. The van der Waals surface area contributed by atoms with Gasteiger partial charge in [-0.25, -0.2) is 9.67 Å². The number of para-hydroxylation sites is 1. The number of benzene rings is 2. The summed E-state index contributed by atoms with van der Waals surface area (Å²) >= 11 is 7.57. The Bertz CT molecular complexity index is 1170. The first-order valence-corrected chi connectivity index (χ1v) is 9.37. The van der Waals surface area contributed by atoms with Crippen LogP contribution in [-0.2, 0) is 0 Å². The molecule has 0 saturated heterocycles. The van der Waals surface area contributed by atoms with E-state index in [-0.39, 0.29) is 12.5 Å². The number of fused-ring (bicyclic) bond motifs is 1. The maximum Gasteiger partial charge on any atom is 0.282 e. The summed E-state index contributed by atoms with van der Waals surface area (Å²) in [6.07, 6.45) is 1.41. The Morgan fingerprint density at radius 3 is 2.79 bits per heavy atom. The number of nitrogens with zero attached hydrogens (tertiary/aromatic N) is 4. The van der Waals surface area contributed by atoms with Crippen LogP contribution in [0.3, 0.4) is 0 Å². The van der Waals surface area contributed by atoms with Crippen LogP contribution < -0.4 is 14.3 Å². The number of ether oxygens (including phenoxy) is 2. The fourth-order valence-electron chi connectivity index (χ4n) is 2.58. The summed E-state index contributed by atoms with van der Waals surface area (Å²) < 4.78 is 12.1. The molecule has 28 heavy (non-hydrogen) atoms. The average Bonchev–Trinajstić information content (AvgIpc) is 3.27. The summed E-state index contributed by atoms with van der Waals surface area (Å²) in [5.41, 5.74) is 1.63. The molecule has 2 aromatic carbocycles. The van der Waals surface area contributed by atoms with E-state index in [4.69, 9.17) is 21.1 Å². The zero-order valence-electron chi connectivity index (χ0n) is 14.5. The SMILES string of the molecule is Cc1csc(=Nc2ccccc2Cl)n1N=Cc1cc2c(cc1[N+](=O)[O-])OCO2. The first-order valence-electron chi connectivity index (χ1n) is 8.12. The molecular formula is C18H13ClN4O4S. The third-order valence-corrected chi connectivity index (χ3v) is 5.20. The minimum Gasteiger partial charge on any atom is -0.454 e. The molecule has 0 amide bonds. The van der Waals surface area contributed by atoms with Gasteiger partial charge in [0.15, 0.2) is 11.5 Å². The van der Waals surface area contributed by atoms with E-state index >= 15 is 0 Å². The van der Waals surface area contributed by atoms with E-state index in [9.17, 15) is 10.1 Å². The first-order chi connectivity index (χ1) is 13.5. The monoisotopic (exact) mass is 416 g/mol. The van der Waals surface area contributed by atoms with Crippen LogP contribution in [0.25, 0.3) is 0 Å². The van der Waals surface area contributed by atoms with Crippen LogP contribution in [0.15, 0.2) is 51.9 Å². The maximum absolute atomic E-state index is 11.4. The van der Waals surface area contributed by atoms with Crippen molar-refractivity contribution in [3.63, 3.8) is 0 Å². The zero-order valence-corrected chi connectivity index (χ0v) is 16.1. The van der Waals surface area contributed by atoms with Gasteiger partial charge in [-0.3, -0.25) is 10.1 Å². The van der Waals surface area contributed by atoms with Crippen LogP contribution in [0.1, 0.15) is 11.3 Å². The van der Waals surface area contributed by atoms with Gasteiger partial charge < -0.3 is 9.47 Å². The van der Waals surface area contributed by atoms with Crippen LogP contribution in [0.4, 0.5) is 11.4 Å². The van der Waals surface area contributed by atoms with Gasteiger partial charge in [0.1, 0.15) is 0 Å². The molecule has 3 aromatic rings. The Kier molecular flexibility index (Phi) is 4.84. The largest absolute Gasteiger partial charge is 0.454 e. The van der Waals surface area contributed by atoms with E-state index in [1.165, 1.54) is 29.7 Å². The van der Waals surface area contributed by atoms with E-state index < -0.39 is 4.92 Å². The lowest BCUT2D eigenvalue weighted by Gasteiger charge is -2.02. The van der Waals surface area contributed by atoms with Gasteiger partial charge in [0.25, 0.3) is 5.69 Å². The molecule has 1 aliphatic heterocycles. The molecule has 0 spiro atoms. The second-order valence-electron chi connectivity index (χ2n) is 5.80. The van der Waals surface area contributed by atoms with Crippen LogP contribution in [0.2, 0.25) is 5.02 Å². The normalized spacial score (nSPS) is 13.4. The van der Waals surface area contributed by atoms with Crippen molar-refractivity contribution in [1.82, 2.24) is 4.68 Å². The Morgan fingerprint density at radius 1 is 1.29 bits per heavy atom. The predicted octanol–water partition coefficient (Wildman–Crippen LogP) is 4.26. The van der Waals surface area contributed by atoms with Crippen LogP contribution in [0, 0.1) is 17.0 Å². The van der Waals surface area contributed by atoms with Gasteiger partial charge >= 0.3 is 0 Å². The number of aryl methyl sites for hydroxylation is 1. The highest BCUT2D eigenvalue weighted by atomic mass is 35.5. The highest BCUT2D eigenvalue weighted by molar-refractivity contribution is 7.07. The van der Waals surface area contributed by atoms with Gasteiger partial charge in [0.2, 0.25) is 11.6 Å². The van der Waals surface area contributed by atoms with Gasteiger partial charge in [0, 0.05) is 5.38 Å². The van der Waals surface area contributed by atoms with E-state index in [2.05, 4.69) is 10.1 Å². The number of nitro groups is 1. The molecule has 142 valence electrons. The standard InChI is InChI=1S/C18H13ClN4O4S/c1-11-9-28-18(21-14-5-3-2-4-13(14)19)22(11)20-8-12-6-16-17(27-10-26-16)7-15(12)23(24)25/h2-9H,10H2,1H3. The molecule has 2 heterocycles. The Hall–Kier alpha value is -3.17. The Labute approximate surface area is 168 Å². The van der Waals surface area contributed by atoms with Gasteiger partial charge in [-0.15, -0.1) is 11.3 Å². The smallest absolute Gasteiger partial charge is 0.282 e. The lowest BCUT2D eigenvalue weighted by Crippen LogP contribution is -2.11. The van der Waals surface area contributed by atoms with E-state index in [1.54, 1.807) is 16.8 Å². The molecule has 0 bridgehead atoms. The van der Waals surface area contributed by atoms with Crippen molar-refractivity contribution >= 4 is 40.5 Å². The molecule has 0 radical (unpaired) electrons. The Morgan fingerprint density at radius 2 is 2.04 bits per heavy atom. The topological polar surface area (TPSA) is 91.2 Å². The van der Waals surface area contributed by atoms with Gasteiger partial charge in [-0.2, -0.15) is 5.10 Å². The molecule has 0 saturated carbocycles. The first kappa shape index (κ1) is 18.2. The van der Waals surface area contributed by atoms with Crippen molar-refractivity contribution in [2.75, 3.05) is 6.79 Å². The molecular weight excluding hydrogens is 404 g/mol. The van der Waals surface area contributed by atoms with Crippen molar-refractivity contribution < 1.29 is 14.4 Å². The summed E-state index contributed by atoms with van der Waals surface area (Å²) in [6, 6.07) is 10.1. The number of hydrogen-bond acceptors (Lipinski definition) is 7. The minimum atomic E-state index is -0.483. The summed E-state index contributed by atoms with van der Waals surface area (Å²) in [4.78, 5) is 16.1. The summed E-state index contributed by atoms with van der Waals surface area (Å²) in [5, 5.41) is 18.2. The molecule has 0 fully saturated rings. The van der Waals surface area contributed by atoms with Crippen LogP contribution in [0.5, 0.6) is 11.5 Å². The van der Waals surface area contributed by atoms with Crippen molar-refractivity contribution in [3.05, 3.63) is 73.0 Å². The minimum absolute atomic E-state index is 0.0341. The summed E-state index contributed by atoms with van der Waals surface area (Å²) in [7, 11) is 0. The van der Waals surface area contributed by atoms with Crippen molar-refractivity contribution in [2.45, 2.75) is 6.92 Å². The second kappa shape index (κ2) is 7.45. The van der Waals surface area contributed by atoms with Gasteiger partial charge in [-0.05, 0) is 25.1 Å². The fourth-order valence-corrected chi connectivity index (χ4v) is 3.57. The Balaban J connectivity index is 1.77. The summed E-state index contributed by atoms with van der Waals surface area (Å²) in [6.45, 7) is 1.90. The molecule has 0 N–H and O–H groups in total. The lowest BCUT2D eigenvalue weighted by molar-refractivity contribution is -0.385. The number of halogens is 1. The van der Waals surface area contributed by atoms with E-state index in [1.807, 2.05) is 24.4 Å². The molecule has 1 aliphatic rings. The fraction of sp³-hybridized carbons (Fsp3) is 0.111. The molecule has 0 aliphatic carbocycles. The lowest BCUT2D eigenvalue weighted by atomic mass is 10.1. The molecule has 8 nitrogen and oxygen atoms in total. The second-order valence-corrected chi connectivity index (χ2v) is 7.04. The van der Waals surface area contributed by atoms with Crippen LogP contribution in [-0.4, -0.2) is 22.6 Å². The molecule has 4 rings (SSSR count). The van der Waals surface area contributed by atoms with Crippen molar-refractivity contribution in [2.24, 2.45) is 10.1 Å². The van der Waals surface area contributed by atoms with E-state index in [0.717, 1.165) is 5.69 Å². The van der Waals surface area contributed by atoms with Crippen molar-refractivity contribution in [3.8, 4) is 11.5 Å². The number of nitro benzene ring substituents is 1. The average molecular weight is 417 g/mol. The highest BCUT2D eigenvalue weighted by Crippen LogP contribution is 2.37. The quantitative estimate of drug-likeness (QED) is 0.361. The maximum atomic E-state index is 11.4. The van der Waals surface area contributed by atoms with Crippen molar-refractivity contribution in [1.29, 1.82) is 0 Å². The van der Waals surface area contributed by atoms with E-state index in [0.29, 0.717) is 32.6 Å². The number of aromatic nitrogens is 1. The number of rotatable bonds is 4. The van der Waals surface area contributed by atoms with Crippen LogP contribution >= 0.6 is 22.9 Å². The van der Waals surface area contributed by atoms with Gasteiger partial charge in [0.05, 0.1) is 39.2 Å². The molecule has 0 atom stereocenters. The predicted molar refractivity (Wildman–Crippen MR) is 106 cm³/mol.